The second kappa shape index (κ2) is 9.97. The van der Waals surface area contributed by atoms with Crippen molar-refractivity contribution in [1.82, 2.24) is 0 Å². The highest BCUT2D eigenvalue weighted by atomic mass is 16.5. The molecule has 0 saturated heterocycles. The average molecular weight is 372 g/mol. The molecular weight excluding hydrogens is 340 g/mol. The molecule has 0 fully saturated rings. The van der Waals surface area contributed by atoms with Crippen molar-refractivity contribution in [1.29, 1.82) is 0 Å². The number of anilines is 1. The van der Waals surface area contributed by atoms with E-state index in [-0.39, 0.29) is 18.0 Å². The Balaban J connectivity index is 2.02. The van der Waals surface area contributed by atoms with E-state index >= 15 is 0 Å². The summed E-state index contributed by atoms with van der Waals surface area (Å²) in [6, 6.07) is 13.7. The normalized spacial score (nSPS) is 12.9. The summed E-state index contributed by atoms with van der Waals surface area (Å²) in [6.45, 7) is 11.1. The van der Waals surface area contributed by atoms with Crippen LogP contribution in [0.3, 0.4) is 0 Å². The van der Waals surface area contributed by atoms with Crippen LogP contribution in [0.25, 0.3) is 0 Å². The van der Waals surface area contributed by atoms with Gasteiger partial charge >= 0.3 is 0 Å². The summed E-state index contributed by atoms with van der Waals surface area (Å²) in [4.78, 5) is 12.5. The largest absolute Gasteiger partial charge is 0.490 e. The van der Waals surface area contributed by atoms with E-state index in [2.05, 4.69) is 17.6 Å². The first kappa shape index (κ1) is 20.8. The SMILES string of the molecule is CCOc1ccc([C@@H](C)[NH2+][C@@H](C)C(=O)Nc2ccc(C)cc2)cc1OCC. The van der Waals surface area contributed by atoms with E-state index in [1.165, 1.54) is 5.56 Å². The molecule has 2 rings (SSSR count). The van der Waals surface area contributed by atoms with Crippen LogP contribution in [0.15, 0.2) is 42.5 Å². The van der Waals surface area contributed by atoms with Crippen LogP contribution in [0.5, 0.6) is 11.5 Å². The van der Waals surface area contributed by atoms with Crippen LogP contribution in [-0.4, -0.2) is 25.2 Å². The number of rotatable bonds is 9. The highest BCUT2D eigenvalue weighted by Gasteiger charge is 2.21. The predicted molar refractivity (Wildman–Crippen MR) is 108 cm³/mol. The van der Waals surface area contributed by atoms with Crippen LogP contribution >= 0.6 is 0 Å². The number of nitrogens with one attached hydrogen (secondary N) is 1. The molecule has 146 valence electrons. The van der Waals surface area contributed by atoms with E-state index in [4.69, 9.17) is 9.47 Å². The molecule has 2 aromatic rings. The molecule has 2 aromatic carbocycles. The molecule has 0 aliphatic rings. The molecule has 0 aromatic heterocycles. The first-order valence-corrected chi connectivity index (χ1v) is 9.56. The second-order valence-corrected chi connectivity index (χ2v) is 6.70. The van der Waals surface area contributed by atoms with Crippen LogP contribution in [0.4, 0.5) is 5.69 Å². The summed E-state index contributed by atoms with van der Waals surface area (Å²) < 4.78 is 11.3. The van der Waals surface area contributed by atoms with Crippen molar-refractivity contribution in [3.8, 4) is 11.5 Å². The lowest BCUT2D eigenvalue weighted by molar-refractivity contribution is -0.709. The zero-order chi connectivity index (χ0) is 19.8. The lowest BCUT2D eigenvalue weighted by Gasteiger charge is -2.18. The van der Waals surface area contributed by atoms with Gasteiger partial charge in [-0.1, -0.05) is 17.7 Å². The van der Waals surface area contributed by atoms with E-state index < -0.39 is 0 Å². The minimum atomic E-state index is -0.219. The molecule has 0 aliphatic carbocycles. The molecule has 27 heavy (non-hydrogen) atoms. The number of carbonyl (C=O) groups is 1. The van der Waals surface area contributed by atoms with Gasteiger partial charge in [0.2, 0.25) is 0 Å². The van der Waals surface area contributed by atoms with Gasteiger partial charge in [0, 0.05) is 11.3 Å². The predicted octanol–water partition coefficient (Wildman–Crippen LogP) is 3.44. The molecule has 0 radical (unpaired) electrons. The summed E-state index contributed by atoms with van der Waals surface area (Å²) in [5.41, 5.74) is 3.08. The topological polar surface area (TPSA) is 64.2 Å². The summed E-state index contributed by atoms with van der Waals surface area (Å²) in [6.07, 6.45) is 0. The molecule has 0 heterocycles. The van der Waals surface area contributed by atoms with Crippen LogP contribution < -0.4 is 20.1 Å². The van der Waals surface area contributed by atoms with E-state index in [1.807, 2.05) is 70.2 Å². The number of hydrogen-bond donors (Lipinski definition) is 2. The van der Waals surface area contributed by atoms with Gasteiger partial charge in [-0.2, -0.15) is 0 Å². The van der Waals surface area contributed by atoms with E-state index in [9.17, 15) is 4.79 Å². The Morgan fingerprint density at radius 1 is 1.00 bits per heavy atom. The van der Waals surface area contributed by atoms with Crippen molar-refractivity contribution >= 4 is 11.6 Å². The van der Waals surface area contributed by atoms with Gasteiger partial charge in [-0.3, -0.25) is 4.79 Å². The van der Waals surface area contributed by atoms with Gasteiger partial charge in [0.05, 0.1) is 13.2 Å². The molecule has 0 bridgehead atoms. The number of quaternary nitrogens is 1. The fourth-order valence-corrected chi connectivity index (χ4v) is 2.88. The molecule has 0 saturated carbocycles. The third kappa shape index (κ3) is 6.00. The van der Waals surface area contributed by atoms with Crippen LogP contribution in [0, 0.1) is 6.92 Å². The molecular formula is C22H31N2O3+. The molecule has 3 N–H and O–H groups in total. The molecule has 0 aliphatic heterocycles. The van der Waals surface area contributed by atoms with E-state index in [0.717, 1.165) is 22.7 Å². The molecule has 0 unspecified atom stereocenters. The number of benzene rings is 2. The van der Waals surface area contributed by atoms with Crippen molar-refractivity contribution in [2.24, 2.45) is 0 Å². The van der Waals surface area contributed by atoms with Crippen molar-refractivity contribution in [3.05, 3.63) is 53.6 Å². The van der Waals surface area contributed by atoms with E-state index in [1.54, 1.807) is 0 Å². The molecule has 1 amide bonds. The van der Waals surface area contributed by atoms with Crippen LogP contribution in [-0.2, 0) is 4.79 Å². The maximum Gasteiger partial charge on any atom is 0.282 e. The second-order valence-electron chi connectivity index (χ2n) is 6.70. The quantitative estimate of drug-likeness (QED) is 0.710. The molecule has 5 nitrogen and oxygen atoms in total. The van der Waals surface area contributed by atoms with Crippen LogP contribution in [0.2, 0.25) is 0 Å². The summed E-state index contributed by atoms with van der Waals surface area (Å²) in [5.74, 6) is 1.48. The Bertz CT molecular complexity index is 744. The number of ether oxygens (including phenoxy) is 2. The monoisotopic (exact) mass is 371 g/mol. The maximum absolute atomic E-state index is 12.5. The van der Waals surface area contributed by atoms with Crippen molar-refractivity contribution < 1.29 is 19.6 Å². The number of amides is 1. The van der Waals surface area contributed by atoms with Gasteiger partial charge in [0.25, 0.3) is 5.91 Å². The lowest BCUT2D eigenvalue weighted by Crippen LogP contribution is -2.91. The zero-order valence-electron chi connectivity index (χ0n) is 16.9. The van der Waals surface area contributed by atoms with Gasteiger partial charge < -0.3 is 20.1 Å². The Hall–Kier alpha value is -2.53. The fourth-order valence-electron chi connectivity index (χ4n) is 2.88. The number of hydrogen-bond acceptors (Lipinski definition) is 3. The summed E-state index contributed by atoms with van der Waals surface area (Å²) >= 11 is 0. The molecule has 0 spiro atoms. The van der Waals surface area contributed by atoms with Crippen LogP contribution in [0.1, 0.15) is 44.9 Å². The maximum atomic E-state index is 12.5. The highest BCUT2D eigenvalue weighted by Crippen LogP contribution is 2.30. The smallest absolute Gasteiger partial charge is 0.282 e. The molecule has 5 heteroatoms. The first-order valence-electron chi connectivity index (χ1n) is 9.56. The minimum Gasteiger partial charge on any atom is -0.490 e. The molecule has 2 atom stereocenters. The summed E-state index contributed by atoms with van der Waals surface area (Å²) in [7, 11) is 0. The Morgan fingerprint density at radius 2 is 1.63 bits per heavy atom. The lowest BCUT2D eigenvalue weighted by atomic mass is 10.1. The van der Waals surface area contributed by atoms with Gasteiger partial charge in [-0.25, -0.2) is 0 Å². The Labute approximate surface area is 162 Å². The van der Waals surface area contributed by atoms with Gasteiger partial charge in [0.15, 0.2) is 17.5 Å². The average Bonchev–Trinajstić information content (AvgIpc) is 2.65. The third-order valence-electron chi connectivity index (χ3n) is 4.40. The standard InChI is InChI=1S/C22H30N2O3/c1-6-26-20-13-10-18(14-21(20)27-7-2)16(4)23-17(5)22(25)24-19-11-8-15(3)9-12-19/h8-14,16-17,23H,6-7H2,1-5H3,(H,24,25)/p+1/t16-,17+/m1/s1. The van der Waals surface area contributed by atoms with Crippen molar-refractivity contribution in [3.63, 3.8) is 0 Å². The summed E-state index contributed by atoms with van der Waals surface area (Å²) in [5, 5.41) is 5.02. The zero-order valence-corrected chi connectivity index (χ0v) is 16.9. The minimum absolute atomic E-state index is 0.0123. The fraction of sp³-hybridized carbons (Fsp3) is 0.409. The number of aryl methyl sites for hydroxylation is 1. The van der Waals surface area contributed by atoms with Gasteiger partial charge in [0.1, 0.15) is 6.04 Å². The highest BCUT2D eigenvalue weighted by molar-refractivity contribution is 5.93. The van der Waals surface area contributed by atoms with E-state index in [0.29, 0.717) is 13.2 Å². The Kier molecular flexibility index (Phi) is 7.67. The number of carbonyl (C=O) groups excluding carboxylic acids is 1. The van der Waals surface area contributed by atoms with Gasteiger partial charge in [-0.05, 0) is 65.0 Å². The first-order chi connectivity index (χ1) is 12.9. The Morgan fingerprint density at radius 3 is 2.26 bits per heavy atom. The van der Waals surface area contributed by atoms with Crippen molar-refractivity contribution in [2.75, 3.05) is 18.5 Å². The van der Waals surface area contributed by atoms with Gasteiger partial charge in [-0.15, -0.1) is 0 Å². The third-order valence-corrected chi connectivity index (χ3v) is 4.40. The number of nitrogens with two attached hydrogens (primary N) is 1. The van der Waals surface area contributed by atoms with Crippen molar-refractivity contribution in [2.45, 2.75) is 46.7 Å².